The van der Waals surface area contributed by atoms with Crippen LogP contribution in [0.4, 0.5) is 0 Å². The minimum absolute atomic E-state index is 0.0534. The zero-order valence-electron chi connectivity index (χ0n) is 51.2. The number of quaternary nitrogens is 1. The number of amides is 1. The maximum absolute atomic E-state index is 13.0. The van der Waals surface area contributed by atoms with Gasteiger partial charge in [-0.25, -0.2) is 4.57 Å². The molecule has 0 aromatic rings. The largest absolute Gasteiger partial charge is 0.472 e. The third kappa shape index (κ3) is 61.2. The number of allylic oxidation sites excluding steroid dienone is 13. The molecule has 8 nitrogen and oxygen atoms in total. The fourth-order valence-corrected chi connectivity index (χ4v) is 10.1. The molecule has 3 unspecified atom stereocenters. The summed E-state index contributed by atoms with van der Waals surface area (Å²) in [4.78, 5) is 23.4. The fraction of sp³-hybridized carbons (Fsp3) is 0.779. The van der Waals surface area contributed by atoms with Crippen molar-refractivity contribution in [1.29, 1.82) is 0 Å². The fourth-order valence-electron chi connectivity index (χ4n) is 9.32. The van der Waals surface area contributed by atoms with E-state index in [-0.39, 0.29) is 19.1 Å². The normalized spacial score (nSPS) is 14.3. The topological polar surface area (TPSA) is 105 Å². The first-order valence-corrected chi connectivity index (χ1v) is 34.0. The third-order valence-electron chi connectivity index (χ3n) is 14.3. The predicted molar refractivity (Wildman–Crippen MR) is 336 cm³/mol. The van der Waals surface area contributed by atoms with Gasteiger partial charge in [0, 0.05) is 6.42 Å². The summed E-state index contributed by atoms with van der Waals surface area (Å²) in [6.45, 7) is 4.71. The summed E-state index contributed by atoms with van der Waals surface area (Å²) in [6, 6.07) is -0.870. The van der Waals surface area contributed by atoms with Crippen molar-refractivity contribution in [3.05, 3.63) is 85.1 Å². The number of aliphatic hydroxyl groups is 1. The van der Waals surface area contributed by atoms with E-state index in [0.717, 1.165) is 70.6 Å². The first-order valence-electron chi connectivity index (χ1n) is 32.5. The summed E-state index contributed by atoms with van der Waals surface area (Å²) in [5.41, 5.74) is 0. The lowest BCUT2D eigenvalue weighted by Gasteiger charge is -2.25. The van der Waals surface area contributed by atoms with E-state index < -0.39 is 20.0 Å². The number of carbonyl (C=O) groups excluding carboxylic acids is 1. The standard InChI is InChI=1S/C68H125N2O6P/c1-6-8-10-12-14-16-18-20-22-24-26-28-30-32-34-35-36-38-40-42-44-46-48-50-52-54-56-58-60-62-68(72)69-66(65-76-77(73,74)75-64-63-70(3,4)5)67(71)61-59-57-55-53-51-49-47-45-43-41-39-37-33-31-29-27-25-23-21-19-17-15-13-11-9-7-2/h8,10,14,16,20,22,26,28,32,34,51,53,59,61,66-67,71H,6-7,9,11-13,15,17-19,21,23-25,27,29-31,33,35-50,52,54-58,60,62-65H2,1-5H3,(H-,69,72,73,74)/p+1/b10-8-,16-14-,22-20-,28-26-,34-32-,53-51+,61-59+. The molecule has 0 fully saturated rings. The molecule has 0 aliphatic heterocycles. The molecule has 0 aromatic carbocycles. The average Bonchev–Trinajstić information content (AvgIpc) is 3.39. The van der Waals surface area contributed by atoms with Crippen molar-refractivity contribution in [2.24, 2.45) is 0 Å². The molecule has 3 N–H and O–H groups in total. The highest BCUT2D eigenvalue weighted by atomic mass is 31.2. The highest BCUT2D eigenvalue weighted by molar-refractivity contribution is 7.47. The van der Waals surface area contributed by atoms with Gasteiger partial charge in [0.1, 0.15) is 13.2 Å². The van der Waals surface area contributed by atoms with Crippen LogP contribution in [-0.2, 0) is 18.4 Å². The van der Waals surface area contributed by atoms with Crippen LogP contribution in [0.25, 0.3) is 0 Å². The number of hydrogen-bond acceptors (Lipinski definition) is 5. The molecular formula is C68H126N2O6P+. The molecule has 0 radical (unpaired) electrons. The van der Waals surface area contributed by atoms with Crippen LogP contribution in [-0.4, -0.2) is 73.4 Å². The van der Waals surface area contributed by atoms with Crippen molar-refractivity contribution >= 4 is 13.7 Å². The Balaban J connectivity index is 4.18. The zero-order valence-corrected chi connectivity index (χ0v) is 52.1. The lowest BCUT2D eigenvalue weighted by atomic mass is 10.0. The molecule has 0 heterocycles. The molecular weight excluding hydrogens is 972 g/mol. The van der Waals surface area contributed by atoms with Crippen LogP contribution in [0.15, 0.2) is 85.1 Å². The van der Waals surface area contributed by atoms with Crippen LogP contribution < -0.4 is 5.32 Å². The summed E-state index contributed by atoms with van der Waals surface area (Å²) < 4.78 is 23.8. The van der Waals surface area contributed by atoms with E-state index in [4.69, 9.17) is 9.05 Å². The van der Waals surface area contributed by atoms with Gasteiger partial charge in [0.2, 0.25) is 5.91 Å². The summed E-state index contributed by atoms with van der Waals surface area (Å²) in [7, 11) is 1.55. The Hall–Kier alpha value is -2.32. The maximum atomic E-state index is 13.0. The van der Waals surface area contributed by atoms with Crippen molar-refractivity contribution in [2.75, 3.05) is 40.9 Å². The van der Waals surface area contributed by atoms with Gasteiger partial charge in [-0.05, 0) is 77.0 Å². The number of phosphoric acid groups is 1. The van der Waals surface area contributed by atoms with E-state index in [1.807, 2.05) is 27.2 Å². The Bertz CT molecular complexity index is 1530. The van der Waals surface area contributed by atoms with Gasteiger partial charge in [0.05, 0.1) is 39.9 Å². The van der Waals surface area contributed by atoms with Crippen molar-refractivity contribution < 1.29 is 32.9 Å². The van der Waals surface area contributed by atoms with Crippen LogP contribution in [0.2, 0.25) is 0 Å². The van der Waals surface area contributed by atoms with Gasteiger partial charge < -0.3 is 19.8 Å². The van der Waals surface area contributed by atoms with Crippen LogP contribution in [0.1, 0.15) is 290 Å². The number of hydrogen-bond donors (Lipinski definition) is 3. The number of likely N-dealkylation sites (N-methyl/N-ethyl adjacent to an activating group) is 1. The highest BCUT2D eigenvalue weighted by Gasteiger charge is 2.27. The monoisotopic (exact) mass is 1100 g/mol. The summed E-state index contributed by atoms with van der Waals surface area (Å²) >= 11 is 0. The van der Waals surface area contributed by atoms with E-state index in [9.17, 15) is 19.4 Å². The lowest BCUT2D eigenvalue weighted by Crippen LogP contribution is -2.45. The number of nitrogens with one attached hydrogen (secondary N) is 1. The molecule has 0 aromatic heterocycles. The lowest BCUT2D eigenvalue weighted by molar-refractivity contribution is -0.870. The van der Waals surface area contributed by atoms with Crippen LogP contribution in [0.3, 0.4) is 0 Å². The SMILES string of the molecule is CC/C=C\C/C=C\C/C=C\C/C=C\C/C=C\CCCCCCCCCCCCCCCC(=O)NC(COP(=O)(O)OCC[N+](C)(C)C)C(O)/C=C/CC/C=C/CCCCCCCCCCCCCCCCCCCCCC. The minimum atomic E-state index is -4.36. The Labute approximate surface area is 477 Å². The van der Waals surface area contributed by atoms with Crippen LogP contribution in [0, 0.1) is 0 Å². The molecule has 0 saturated heterocycles. The minimum Gasteiger partial charge on any atom is -0.387 e. The first kappa shape index (κ1) is 74.7. The molecule has 0 aliphatic rings. The molecule has 0 bridgehead atoms. The molecule has 0 rings (SSSR count). The molecule has 1 amide bonds. The number of carbonyl (C=O) groups is 1. The van der Waals surface area contributed by atoms with E-state index in [1.165, 1.54) is 199 Å². The smallest absolute Gasteiger partial charge is 0.387 e. The van der Waals surface area contributed by atoms with Gasteiger partial charge in [0.25, 0.3) is 0 Å². The van der Waals surface area contributed by atoms with Gasteiger partial charge in [-0.15, -0.1) is 0 Å². The average molecular weight is 1100 g/mol. The van der Waals surface area contributed by atoms with Gasteiger partial charge in [0.15, 0.2) is 0 Å². The molecule has 0 saturated carbocycles. The maximum Gasteiger partial charge on any atom is 0.472 e. The van der Waals surface area contributed by atoms with Gasteiger partial charge in [-0.1, -0.05) is 292 Å². The van der Waals surface area contributed by atoms with E-state index in [0.29, 0.717) is 17.4 Å². The van der Waals surface area contributed by atoms with Crippen molar-refractivity contribution in [2.45, 2.75) is 302 Å². The van der Waals surface area contributed by atoms with Crippen molar-refractivity contribution in [1.82, 2.24) is 5.32 Å². The Morgan fingerprint density at radius 3 is 1.19 bits per heavy atom. The highest BCUT2D eigenvalue weighted by Crippen LogP contribution is 2.43. The van der Waals surface area contributed by atoms with Crippen LogP contribution in [0.5, 0.6) is 0 Å². The molecule has 9 heteroatoms. The number of rotatable bonds is 59. The zero-order chi connectivity index (χ0) is 56.3. The predicted octanol–water partition coefficient (Wildman–Crippen LogP) is 20.4. The molecule has 0 aliphatic carbocycles. The van der Waals surface area contributed by atoms with E-state index >= 15 is 0 Å². The first-order chi connectivity index (χ1) is 37.5. The quantitative estimate of drug-likeness (QED) is 0.0243. The van der Waals surface area contributed by atoms with Gasteiger partial charge >= 0.3 is 7.82 Å². The second-order valence-electron chi connectivity index (χ2n) is 23.1. The van der Waals surface area contributed by atoms with Crippen LogP contribution >= 0.6 is 7.82 Å². The summed E-state index contributed by atoms with van der Waals surface area (Å²) in [5, 5.41) is 14.0. The number of phosphoric ester groups is 1. The molecule has 3 atom stereocenters. The number of aliphatic hydroxyl groups excluding tert-OH is 1. The van der Waals surface area contributed by atoms with Gasteiger partial charge in [-0.2, -0.15) is 0 Å². The van der Waals surface area contributed by atoms with E-state index in [1.54, 1.807) is 6.08 Å². The summed E-state index contributed by atoms with van der Waals surface area (Å²) in [6.07, 6.45) is 82.8. The number of unbranched alkanes of at least 4 members (excludes halogenated alkanes) is 34. The molecule has 77 heavy (non-hydrogen) atoms. The third-order valence-corrected chi connectivity index (χ3v) is 15.3. The Morgan fingerprint density at radius 1 is 0.455 bits per heavy atom. The van der Waals surface area contributed by atoms with E-state index in [2.05, 4.69) is 92.1 Å². The Kier molecular flexibility index (Phi) is 56.6. The summed E-state index contributed by atoms with van der Waals surface area (Å²) in [5.74, 6) is -0.188. The molecule has 0 spiro atoms. The number of nitrogens with zero attached hydrogens (tertiary/aromatic N) is 1. The Morgan fingerprint density at radius 2 is 0.792 bits per heavy atom. The van der Waals surface area contributed by atoms with Crippen molar-refractivity contribution in [3.63, 3.8) is 0 Å². The second kappa shape index (κ2) is 58.3. The van der Waals surface area contributed by atoms with Crippen molar-refractivity contribution in [3.8, 4) is 0 Å². The van der Waals surface area contributed by atoms with Gasteiger partial charge in [-0.3, -0.25) is 13.8 Å². The molecule has 448 valence electrons. The second-order valence-corrected chi connectivity index (χ2v) is 24.6.